The Morgan fingerprint density at radius 2 is 1.60 bits per heavy atom. The Morgan fingerprint density at radius 1 is 1.05 bits per heavy atom. The molecule has 0 heterocycles. The number of rotatable bonds is 13. The van der Waals surface area contributed by atoms with Crippen LogP contribution in [0.1, 0.15) is 40.5 Å². The van der Waals surface area contributed by atoms with Crippen LogP contribution in [0.2, 0.25) is 0 Å². The second kappa shape index (κ2) is 12.1. The molecule has 0 aromatic heterocycles. The van der Waals surface area contributed by atoms with Crippen molar-refractivity contribution in [2.75, 3.05) is 45.8 Å². The van der Waals surface area contributed by atoms with Crippen LogP contribution < -0.4 is 5.32 Å². The van der Waals surface area contributed by atoms with Crippen LogP contribution in [0.3, 0.4) is 0 Å². The Hall–Kier alpha value is -0.650. The smallest absolute Gasteiger partial charge is 0.322 e. The highest BCUT2D eigenvalue weighted by Gasteiger charge is 2.19. The third-order valence-corrected chi connectivity index (χ3v) is 3.67. The number of carboxylic acid groups (broad SMARTS) is 1. The van der Waals surface area contributed by atoms with Crippen molar-refractivity contribution in [1.82, 2.24) is 15.1 Å². The molecule has 1 atom stereocenters. The monoisotopic (exact) mass is 287 g/mol. The molecule has 0 rings (SSSR count). The zero-order valence-electron chi connectivity index (χ0n) is 13.7. The first-order valence-electron chi connectivity index (χ1n) is 7.99. The lowest BCUT2D eigenvalue weighted by Gasteiger charge is -2.26. The first kappa shape index (κ1) is 19.4. The lowest BCUT2D eigenvalue weighted by Crippen LogP contribution is -2.47. The van der Waals surface area contributed by atoms with Gasteiger partial charge in [-0.3, -0.25) is 4.79 Å². The van der Waals surface area contributed by atoms with E-state index in [0.29, 0.717) is 6.54 Å². The SMILES string of the molecule is CCCNC(CN(CC)CCCN(CC)CC)C(=O)O. The molecule has 0 aromatic carbocycles. The number of carboxylic acids is 1. The summed E-state index contributed by atoms with van der Waals surface area (Å²) in [6.45, 7) is 15.0. The lowest BCUT2D eigenvalue weighted by atomic mass is 10.2. The molecule has 0 aliphatic rings. The zero-order valence-corrected chi connectivity index (χ0v) is 13.7. The summed E-state index contributed by atoms with van der Waals surface area (Å²) in [6.07, 6.45) is 2.05. The van der Waals surface area contributed by atoms with Gasteiger partial charge in [0.1, 0.15) is 6.04 Å². The number of hydrogen-bond acceptors (Lipinski definition) is 4. The molecule has 0 spiro atoms. The average Bonchev–Trinajstić information content (AvgIpc) is 2.45. The van der Waals surface area contributed by atoms with Gasteiger partial charge in [0.05, 0.1) is 0 Å². The molecule has 0 bridgehead atoms. The van der Waals surface area contributed by atoms with Gasteiger partial charge in [0, 0.05) is 6.54 Å². The lowest BCUT2D eigenvalue weighted by molar-refractivity contribution is -0.140. The normalized spacial score (nSPS) is 13.1. The van der Waals surface area contributed by atoms with Gasteiger partial charge in [0.2, 0.25) is 0 Å². The van der Waals surface area contributed by atoms with Crippen molar-refractivity contribution in [1.29, 1.82) is 0 Å². The highest BCUT2D eigenvalue weighted by atomic mass is 16.4. The van der Waals surface area contributed by atoms with E-state index in [1.165, 1.54) is 0 Å². The fourth-order valence-electron chi connectivity index (χ4n) is 2.24. The van der Waals surface area contributed by atoms with Crippen LogP contribution in [0.15, 0.2) is 0 Å². The summed E-state index contributed by atoms with van der Waals surface area (Å²) in [5.74, 6) is -0.749. The Labute approximate surface area is 124 Å². The van der Waals surface area contributed by atoms with Crippen LogP contribution in [0.25, 0.3) is 0 Å². The van der Waals surface area contributed by atoms with Crippen LogP contribution in [-0.4, -0.2) is 72.7 Å². The predicted molar refractivity (Wildman–Crippen MR) is 84.2 cm³/mol. The largest absolute Gasteiger partial charge is 0.480 e. The average molecular weight is 287 g/mol. The van der Waals surface area contributed by atoms with Crippen LogP contribution in [0.4, 0.5) is 0 Å². The van der Waals surface area contributed by atoms with Crippen LogP contribution in [0.5, 0.6) is 0 Å². The summed E-state index contributed by atoms with van der Waals surface area (Å²) < 4.78 is 0. The number of nitrogens with zero attached hydrogens (tertiary/aromatic N) is 2. The predicted octanol–water partition coefficient (Wildman–Crippen LogP) is 1.49. The fourth-order valence-corrected chi connectivity index (χ4v) is 2.24. The molecule has 0 aliphatic heterocycles. The maximum atomic E-state index is 11.2. The number of likely N-dealkylation sites (N-methyl/N-ethyl adjacent to an activating group) is 1. The summed E-state index contributed by atoms with van der Waals surface area (Å²) in [5, 5.41) is 12.3. The van der Waals surface area contributed by atoms with E-state index in [9.17, 15) is 9.90 Å². The molecular formula is C15H33N3O2. The van der Waals surface area contributed by atoms with E-state index >= 15 is 0 Å². The summed E-state index contributed by atoms with van der Waals surface area (Å²) in [4.78, 5) is 15.9. The topological polar surface area (TPSA) is 55.8 Å². The molecule has 0 aromatic rings. The summed E-state index contributed by atoms with van der Waals surface area (Å²) in [6, 6.07) is -0.455. The van der Waals surface area contributed by atoms with Gasteiger partial charge in [0.15, 0.2) is 0 Å². The van der Waals surface area contributed by atoms with Crippen molar-refractivity contribution in [3.05, 3.63) is 0 Å². The van der Waals surface area contributed by atoms with Gasteiger partial charge in [-0.15, -0.1) is 0 Å². The van der Waals surface area contributed by atoms with Crippen LogP contribution in [0, 0.1) is 0 Å². The van der Waals surface area contributed by atoms with Gasteiger partial charge in [-0.2, -0.15) is 0 Å². The van der Waals surface area contributed by atoms with E-state index in [4.69, 9.17) is 0 Å². The molecule has 2 N–H and O–H groups in total. The standard InChI is InChI=1S/C15H33N3O2/c1-5-10-16-14(15(19)20)13-18(8-4)12-9-11-17(6-2)7-3/h14,16H,5-13H2,1-4H3,(H,19,20). The highest BCUT2D eigenvalue weighted by Crippen LogP contribution is 1.98. The fraction of sp³-hybridized carbons (Fsp3) is 0.933. The highest BCUT2D eigenvalue weighted by molar-refractivity contribution is 5.73. The molecule has 5 nitrogen and oxygen atoms in total. The number of nitrogens with one attached hydrogen (secondary N) is 1. The van der Waals surface area contributed by atoms with Crippen molar-refractivity contribution in [3.8, 4) is 0 Å². The van der Waals surface area contributed by atoms with E-state index in [-0.39, 0.29) is 0 Å². The molecule has 0 saturated heterocycles. The molecule has 20 heavy (non-hydrogen) atoms. The molecule has 0 fully saturated rings. The molecule has 120 valence electrons. The zero-order chi connectivity index (χ0) is 15.4. The second-order valence-electron chi connectivity index (χ2n) is 5.12. The summed E-state index contributed by atoms with van der Waals surface area (Å²) in [7, 11) is 0. The number of carbonyl (C=O) groups is 1. The van der Waals surface area contributed by atoms with Gasteiger partial charge in [0.25, 0.3) is 0 Å². The third kappa shape index (κ3) is 8.51. The molecule has 0 amide bonds. The first-order valence-corrected chi connectivity index (χ1v) is 7.99. The van der Waals surface area contributed by atoms with Gasteiger partial charge in [-0.05, 0) is 52.1 Å². The molecule has 5 heteroatoms. The third-order valence-electron chi connectivity index (χ3n) is 3.67. The Balaban J connectivity index is 4.13. The Kier molecular flexibility index (Phi) is 11.7. The molecular weight excluding hydrogens is 254 g/mol. The van der Waals surface area contributed by atoms with E-state index in [2.05, 4.69) is 35.9 Å². The van der Waals surface area contributed by atoms with Crippen molar-refractivity contribution in [2.24, 2.45) is 0 Å². The Morgan fingerprint density at radius 3 is 2.05 bits per heavy atom. The van der Waals surface area contributed by atoms with Crippen LogP contribution >= 0.6 is 0 Å². The maximum absolute atomic E-state index is 11.2. The Bertz CT molecular complexity index is 245. The summed E-state index contributed by atoms with van der Waals surface area (Å²) >= 11 is 0. The minimum absolute atomic E-state index is 0.455. The maximum Gasteiger partial charge on any atom is 0.322 e. The van der Waals surface area contributed by atoms with Crippen molar-refractivity contribution < 1.29 is 9.90 Å². The van der Waals surface area contributed by atoms with Crippen molar-refractivity contribution in [3.63, 3.8) is 0 Å². The van der Waals surface area contributed by atoms with Gasteiger partial charge in [-0.25, -0.2) is 0 Å². The molecule has 1 unspecified atom stereocenters. The minimum Gasteiger partial charge on any atom is -0.480 e. The van der Waals surface area contributed by atoms with E-state index < -0.39 is 12.0 Å². The molecule has 0 radical (unpaired) electrons. The minimum atomic E-state index is -0.749. The van der Waals surface area contributed by atoms with Gasteiger partial charge < -0.3 is 20.2 Å². The first-order chi connectivity index (χ1) is 9.58. The molecule has 0 saturated carbocycles. The van der Waals surface area contributed by atoms with Crippen LogP contribution in [-0.2, 0) is 4.79 Å². The van der Waals surface area contributed by atoms with E-state index in [0.717, 1.165) is 52.1 Å². The van der Waals surface area contributed by atoms with E-state index in [1.807, 2.05) is 6.92 Å². The van der Waals surface area contributed by atoms with Gasteiger partial charge >= 0.3 is 5.97 Å². The summed E-state index contributed by atoms with van der Waals surface area (Å²) in [5.41, 5.74) is 0. The van der Waals surface area contributed by atoms with Gasteiger partial charge in [-0.1, -0.05) is 27.7 Å². The number of aliphatic carboxylic acids is 1. The molecule has 0 aliphatic carbocycles. The number of hydrogen-bond donors (Lipinski definition) is 2. The quantitative estimate of drug-likeness (QED) is 0.537. The van der Waals surface area contributed by atoms with E-state index in [1.54, 1.807) is 0 Å². The van der Waals surface area contributed by atoms with Crippen molar-refractivity contribution >= 4 is 5.97 Å². The second-order valence-corrected chi connectivity index (χ2v) is 5.12. The van der Waals surface area contributed by atoms with Crippen molar-refractivity contribution in [2.45, 2.75) is 46.6 Å².